The van der Waals surface area contributed by atoms with E-state index in [0.717, 1.165) is 25.9 Å². The number of hydrogen-bond donors (Lipinski definition) is 1. The lowest BCUT2D eigenvalue weighted by molar-refractivity contribution is -0.119. The van der Waals surface area contributed by atoms with Gasteiger partial charge in [-0.25, -0.2) is 4.79 Å². The van der Waals surface area contributed by atoms with Gasteiger partial charge in [0.2, 0.25) is 5.91 Å². The van der Waals surface area contributed by atoms with Crippen molar-refractivity contribution in [2.75, 3.05) is 19.0 Å². The van der Waals surface area contributed by atoms with Crippen LogP contribution in [0.5, 0.6) is 0 Å². The lowest BCUT2D eigenvalue weighted by Gasteiger charge is -2.19. The number of rotatable bonds is 2. The molecule has 0 saturated carbocycles. The van der Waals surface area contributed by atoms with Crippen LogP contribution in [-0.2, 0) is 4.79 Å². The monoisotopic (exact) mass is 232 g/mol. The summed E-state index contributed by atoms with van der Waals surface area (Å²) >= 11 is 5.41. The molecule has 0 aromatic rings. The molecule has 0 atom stereocenters. The fourth-order valence-electron chi connectivity index (χ4n) is 1.62. The Hall–Kier alpha value is -0.770. The molecule has 1 aliphatic rings. The van der Waals surface area contributed by atoms with Crippen molar-refractivity contribution in [3.63, 3.8) is 0 Å². The summed E-state index contributed by atoms with van der Waals surface area (Å²) in [4.78, 5) is 24.4. The molecule has 15 heavy (non-hydrogen) atoms. The maximum Gasteiger partial charge on any atom is 0.324 e. The van der Waals surface area contributed by atoms with E-state index in [4.69, 9.17) is 11.6 Å². The molecule has 3 amide bonds. The number of halogens is 1. The summed E-state index contributed by atoms with van der Waals surface area (Å²) in [6.45, 7) is 1.50. The Morgan fingerprint density at radius 3 is 2.27 bits per heavy atom. The first-order valence-electron chi connectivity index (χ1n) is 5.39. The molecule has 1 heterocycles. The van der Waals surface area contributed by atoms with E-state index in [0.29, 0.717) is 0 Å². The van der Waals surface area contributed by atoms with E-state index in [-0.39, 0.29) is 24.2 Å². The molecular formula is C10H17ClN2O2. The van der Waals surface area contributed by atoms with Crippen LogP contribution in [0.15, 0.2) is 0 Å². The number of nitrogens with zero attached hydrogens (tertiary/aromatic N) is 1. The van der Waals surface area contributed by atoms with Crippen LogP contribution in [0, 0.1) is 0 Å². The summed E-state index contributed by atoms with van der Waals surface area (Å²) < 4.78 is 0. The smallest absolute Gasteiger partial charge is 0.324 e. The van der Waals surface area contributed by atoms with Crippen LogP contribution in [0.2, 0.25) is 0 Å². The number of imide groups is 1. The molecule has 0 aromatic heterocycles. The third-order valence-corrected chi connectivity index (χ3v) is 2.65. The lowest BCUT2D eigenvalue weighted by atomic mass is 10.2. The quantitative estimate of drug-likeness (QED) is 0.738. The molecule has 0 radical (unpaired) electrons. The van der Waals surface area contributed by atoms with Gasteiger partial charge in [0, 0.05) is 25.4 Å². The van der Waals surface area contributed by atoms with Gasteiger partial charge < -0.3 is 4.90 Å². The first kappa shape index (κ1) is 12.3. The highest BCUT2D eigenvalue weighted by Gasteiger charge is 2.16. The summed E-state index contributed by atoms with van der Waals surface area (Å²) in [6, 6.07) is -0.271. The highest BCUT2D eigenvalue weighted by atomic mass is 35.5. The normalized spacial score (nSPS) is 17.0. The van der Waals surface area contributed by atoms with Crippen molar-refractivity contribution in [2.24, 2.45) is 0 Å². The molecule has 1 N–H and O–H groups in total. The van der Waals surface area contributed by atoms with Crippen LogP contribution >= 0.6 is 11.6 Å². The van der Waals surface area contributed by atoms with E-state index in [2.05, 4.69) is 5.32 Å². The van der Waals surface area contributed by atoms with Crippen molar-refractivity contribution in [3.8, 4) is 0 Å². The molecule has 86 valence electrons. The molecule has 0 spiro atoms. The first-order valence-corrected chi connectivity index (χ1v) is 5.92. The van der Waals surface area contributed by atoms with Crippen LogP contribution < -0.4 is 5.32 Å². The van der Waals surface area contributed by atoms with E-state index < -0.39 is 0 Å². The summed E-state index contributed by atoms with van der Waals surface area (Å²) in [5.41, 5.74) is 0. The van der Waals surface area contributed by atoms with Gasteiger partial charge >= 0.3 is 6.03 Å². The second-order valence-electron chi connectivity index (χ2n) is 3.69. The van der Waals surface area contributed by atoms with Crippen LogP contribution in [0.4, 0.5) is 4.79 Å². The van der Waals surface area contributed by atoms with Crippen LogP contribution in [0.3, 0.4) is 0 Å². The minimum absolute atomic E-state index is 0.196. The third kappa shape index (κ3) is 4.51. The van der Waals surface area contributed by atoms with Crippen molar-refractivity contribution in [3.05, 3.63) is 0 Å². The van der Waals surface area contributed by atoms with Crippen molar-refractivity contribution in [2.45, 2.75) is 32.1 Å². The van der Waals surface area contributed by atoms with E-state index in [1.807, 2.05) is 0 Å². The lowest BCUT2D eigenvalue weighted by Crippen LogP contribution is -2.43. The molecule has 1 saturated heterocycles. The van der Waals surface area contributed by atoms with Crippen molar-refractivity contribution >= 4 is 23.5 Å². The van der Waals surface area contributed by atoms with Gasteiger partial charge in [-0.15, -0.1) is 11.6 Å². The summed E-state index contributed by atoms with van der Waals surface area (Å²) in [6.07, 6.45) is 4.58. The number of alkyl halides is 1. The standard InChI is InChI=1S/C10H17ClN2O2/c11-6-5-9(14)12-10(15)13-7-3-1-2-4-8-13/h1-8H2,(H,12,14,15). The zero-order valence-electron chi connectivity index (χ0n) is 8.80. The number of hydrogen-bond acceptors (Lipinski definition) is 2. The summed E-state index contributed by atoms with van der Waals surface area (Å²) in [5, 5.41) is 2.34. The molecule has 4 nitrogen and oxygen atoms in total. The SMILES string of the molecule is O=C(CCCl)NC(=O)N1CCCCCC1. The van der Waals surface area contributed by atoms with Gasteiger partial charge in [-0.3, -0.25) is 10.1 Å². The number of likely N-dealkylation sites (tertiary alicyclic amines) is 1. The number of nitrogens with one attached hydrogen (secondary N) is 1. The largest absolute Gasteiger partial charge is 0.324 e. The van der Waals surface area contributed by atoms with Crippen LogP contribution in [-0.4, -0.2) is 35.8 Å². The number of urea groups is 1. The molecular weight excluding hydrogens is 216 g/mol. The minimum Gasteiger partial charge on any atom is -0.324 e. The summed E-state index contributed by atoms with van der Waals surface area (Å²) in [5.74, 6) is -0.0432. The molecule has 1 aliphatic heterocycles. The van der Waals surface area contributed by atoms with E-state index in [1.165, 1.54) is 12.8 Å². The second-order valence-corrected chi connectivity index (χ2v) is 4.07. The average Bonchev–Trinajstić information content (AvgIpc) is 2.45. The first-order chi connectivity index (χ1) is 7.24. The van der Waals surface area contributed by atoms with Gasteiger partial charge in [-0.2, -0.15) is 0 Å². The van der Waals surface area contributed by atoms with Crippen molar-refractivity contribution in [1.29, 1.82) is 0 Å². The van der Waals surface area contributed by atoms with Gasteiger partial charge in [0.05, 0.1) is 0 Å². The molecule has 5 heteroatoms. The van der Waals surface area contributed by atoms with Crippen LogP contribution in [0.1, 0.15) is 32.1 Å². The highest BCUT2D eigenvalue weighted by molar-refractivity contribution is 6.19. The number of carbonyl (C=O) groups excluding carboxylic acids is 2. The minimum atomic E-state index is -0.292. The average molecular weight is 233 g/mol. The molecule has 0 aliphatic carbocycles. The van der Waals surface area contributed by atoms with Crippen molar-refractivity contribution in [1.82, 2.24) is 10.2 Å². The van der Waals surface area contributed by atoms with E-state index in [1.54, 1.807) is 4.90 Å². The zero-order valence-corrected chi connectivity index (χ0v) is 9.55. The molecule has 1 rings (SSSR count). The Balaban J connectivity index is 2.34. The summed E-state index contributed by atoms with van der Waals surface area (Å²) in [7, 11) is 0. The molecule has 0 unspecified atom stereocenters. The van der Waals surface area contributed by atoms with Gasteiger partial charge in [0.15, 0.2) is 0 Å². The third-order valence-electron chi connectivity index (χ3n) is 2.46. The Bertz CT molecular complexity index is 225. The predicted molar refractivity (Wildman–Crippen MR) is 58.9 cm³/mol. The zero-order chi connectivity index (χ0) is 11.1. The Morgan fingerprint density at radius 2 is 1.73 bits per heavy atom. The topological polar surface area (TPSA) is 49.4 Å². The van der Waals surface area contributed by atoms with Crippen molar-refractivity contribution < 1.29 is 9.59 Å². The molecule has 0 aromatic carbocycles. The Kier molecular flexibility index (Phi) is 5.47. The number of carbonyl (C=O) groups is 2. The molecule has 0 bridgehead atoms. The second kappa shape index (κ2) is 6.67. The fraction of sp³-hybridized carbons (Fsp3) is 0.800. The van der Waals surface area contributed by atoms with Gasteiger partial charge in [-0.05, 0) is 12.8 Å². The van der Waals surface area contributed by atoms with Gasteiger partial charge in [-0.1, -0.05) is 12.8 Å². The fourth-order valence-corrected chi connectivity index (χ4v) is 1.79. The number of amides is 3. The van der Waals surface area contributed by atoms with E-state index in [9.17, 15) is 9.59 Å². The maximum atomic E-state index is 11.6. The Labute approximate surface area is 95.0 Å². The highest BCUT2D eigenvalue weighted by Crippen LogP contribution is 2.09. The Morgan fingerprint density at radius 1 is 1.13 bits per heavy atom. The van der Waals surface area contributed by atoms with Gasteiger partial charge in [0.1, 0.15) is 0 Å². The predicted octanol–water partition coefficient (Wildman–Crippen LogP) is 1.73. The van der Waals surface area contributed by atoms with Crippen LogP contribution in [0.25, 0.3) is 0 Å². The van der Waals surface area contributed by atoms with Gasteiger partial charge in [0.25, 0.3) is 0 Å². The van der Waals surface area contributed by atoms with E-state index >= 15 is 0 Å². The molecule has 1 fully saturated rings. The maximum absolute atomic E-state index is 11.6.